The number of amides is 1. The van der Waals surface area contributed by atoms with Gasteiger partial charge in [-0.25, -0.2) is 0 Å². The summed E-state index contributed by atoms with van der Waals surface area (Å²) >= 11 is 0. The van der Waals surface area contributed by atoms with E-state index in [1.165, 1.54) is 0 Å². The van der Waals surface area contributed by atoms with Gasteiger partial charge >= 0.3 is 0 Å². The van der Waals surface area contributed by atoms with E-state index in [1.54, 1.807) is 13.2 Å². The van der Waals surface area contributed by atoms with Gasteiger partial charge < -0.3 is 14.8 Å². The zero-order valence-corrected chi connectivity index (χ0v) is 13.8. The van der Waals surface area contributed by atoms with E-state index in [0.717, 1.165) is 5.56 Å². The Balaban J connectivity index is 2.00. The molecule has 4 nitrogen and oxygen atoms in total. The van der Waals surface area contributed by atoms with Crippen molar-refractivity contribution in [1.29, 1.82) is 0 Å². The van der Waals surface area contributed by atoms with Crippen LogP contribution in [0.5, 0.6) is 11.5 Å². The second kappa shape index (κ2) is 8.22. The molecule has 0 unspecified atom stereocenters. The van der Waals surface area contributed by atoms with Crippen molar-refractivity contribution in [2.45, 2.75) is 32.4 Å². The third-order valence-corrected chi connectivity index (χ3v) is 3.64. The van der Waals surface area contributed by atoms with Gasteiger partial charge in [-0.3, -0.25) is 4.79 Å². The SMILES string of the molecule is CC[C@H](Oc1cccc(OC)c1)C(=O)N[C@@H](C)c1ccccc1. The van der Waals surface area contributed by atoms with Crippen LogP contribution in [0.15, 0.2) is 54.6 Å². The molecule has 0 aliphatic heterocycles. The van der Waals surface area contributed by atoms with Crippen LogP contribution in [0.25, 0.3) is 0 Å². The maximum Gasteiger partial charge on any atom is 0.261 e. The topological polar surface area (TPSA) is 47.6 Å². The monoisotopic (exact) mass is 313 g/mol. The maximum absolute atomic E-state index is 12.4. The quantitative estimate of drug-likeness (QED) is 0.847. The molecular weight excluding hydrogens is 290 g/mol. The third kappa shape index (κ3) is 4.74. The van der Waals surface area contributed by atoms with Gasteiger partial charge in [0.05, 0.1) is 13.2 Å². The molecule has 2 atom stereocenters. The maximum atomic E-state index is 12.4. The molecule has 2 aromatic carbocycles. The molecule has 23 heavy (non-hydrogen) atoms. The Hall–Kier alpha value is -2.49. The number of benzene rings is 2. The highest BCUT2D eigenvalue weighted by molar-refractivity contribution is 5.81. The van der Waals surface area contributed by atoms with E-state index < -0.39 is 6.10 Å². The van der Waals surface area contributed by atoms with Crippen LogP contribution in [0.3, 0.4) is 0 Å². The fraction of sp³-hybridized carbons (Fsp3) is 0.316. The normalized spacial score (nSPS) is 13.0. The number of nitrogens with one attached hydrogen (secondary N) is 1. The van der Waals surface area contributed by atoms with Gasteiger partial charge in [0.2, 0.25) is 0 Å². The molecule has 1 amide bonds. The van der Waals surface area contributed by atoms with Gasteiger partial charge in [0.15, 0.2) is 6.10 Å². The van der Waals surface area contributed by atoms with Gasteiger partial charge in [0.1, 0.15) is 11.5 Å². The summed E-state index contributed by atoms with van der Waals surface area (Å²) in [5.41, 5.74) is 1.07. The van der Waals surface area contributed by atoms with E-state index in [1.807, 2.05) is 62.4 Å². The molecule has 0 fully saturated rings. The van der Waals surface area contributed by atoms with Crippen molar-refractivity contribution in [2.75, 3.05) is 7.11 Å². The van der Waals surface area contributed by atoms with Crippen molar-refractivity contribution in [3.05, 3.63) is 60.2 Å². The fourth-order valence-electron chi connectivity index (χ4n) is 2.29. The molecule has 0 saturated carbocycles. The average Bonchev–Trinajstić information content (AvgIpc) is 2.60. The summed E-state index contributed by atoms with van der Waals surface area (Å²) in [6.07, 6.45) is 0.0538. The van der Waals surface area contributed by atoms with Gasteiger partial charge in [0, 0.05) is 6.07 Å². The lowest BCUT2D eigenvalue weighted by atomic mass is 10.1. The molecule has 0 radical (unpaired) electrons. The Morgan fingerprint density at radius 1 is 1.09 bits per heavy atom. The minimum atomic E-state index is -0.534. The second-order valence-corrected chi connectivity index (χ2v) is 5.33. The molecule has 0 heterocycles. The highest BCUT2D eigenvalue weighted by Gasteiger charge is 2.20. The van der Waals surface area contributed by atoms with Crippen LogP contribution in [0.2, 0.25) is 0 Å². The zero-order valence-electron chi connectivity index (χ0n) is 13.8. The van der Waals surface area contributed by atoms with Gasteiger partial charge in [-0.2, -0.15) is 0 Å². The Morgan fingerprint density at radius 2 is 1.78 bits per heavy atom. The highest BCUT2D eigenvalue weighted by Crippen LogP contribution is 2.21. The predicted molar refractivity (Wildman–Crippen MR) is 90.7 cm³/mol. The first-order valence-electron chi connectivity index (χ1n) is 7.80. The summed E-state index contributed by atoms with van der Waals surface area (Å²) in [4.78, 5) is 12.4. The van der Waals surface area contributed by atoms with Crippen molar-refractivity contribution in [3.8, 4) is 11.5 Å². The first-order valence-corrected chi connectivity index (χ1v) is 7.80. The molecule has 0 bridgehead atoms. The number of ether oxygens (including phenoxy) is 2. The first-order chi connectivity index (χ1) is 11.1. The van der Waals surface area contributed by atoms with Gasteiger partial charge in [-0.05, 0) is 31.0 Å². The molecule has 2 rings (SSSR count). The van der Waals surface area contributed by atoms with Crippen molar-refractivity contribution < 1.29 is 14.3 Å². The number of carbonyl (C=O) groups is 1. The van der Waals surface area contributed by atoms with Crippen LogP contribution in [-0.4, -0.2) is 19.1 Å². The minimum Gasteiger partial charge on any atom is -0.497 e. The van der Waals surface area contributed by atoms with E-state index in [4.69, 9.17) is 9.47 Å². The summed E-state index contributed by atoms with van der Waals surface area (Å²) in [7, 11) is 1.60. The molecule has 0 aliphatic rings. The fourth-order valence-corrected chi connectivity index (χ4v) is 2.29. The lowest BCUT2D eigenvalue weighted by Crippen LogP contribution is -2.39. The van der Waals surface area contributed by atoms with Crippen molar-refractivity contribution in [1.82, 2.24) is 5.32 Å². The van der Waals surface area contributed by atoms with Crippen molar-refractivity contribution >= 4 is 5.91 Å². The van der Waals surface area contributed by atoms with E-state index in [-0.39, 0.29) is 11.9 Å². The van der Waals surface area contributed by atoms with Crippen LogP contribution in [0.1, 0.15) is 31.9 Å². The molecule has 2 aromatic rings. The van der Waals surface area contributed by atoms with Crippen molar-refractivity contribution in [2.24, 2.45) is 0 Å². The molecule has 1 N–H and O–H groups in total. The molecule has 4 heteroatoms. The summed E-state index contributed by atoms with van der Waals surface area (Å²) in [5.74, 6) is 1.21. The van der Waals surface area contributed by atoms with Crippen LogP contribution in [-0.2, 0) is 4.79 Å². The third-order valence-electron chi connectivity index (χ3n) is 3.64. The minimum absolute atomic E-state index is 0.0633. The van der Waals surface area contributed by atoms with Gasteiger partial charge in [0.25, 0.3) is 5.91 Å². The molecule has 0 aromatic heterocycles. The number of carbonyl (C=O) groups excluding carboxylic acids is 1. The molecule has 0 spiro atoms. The largest absolute Gasteiger partial charge is 0.497 e. The summed E-state index contributed by atoms with van der Waals surface area (Å²) in [6, 6.07) is 17.1. The molecule has 0 aliphatic carbocycles. The van der Waals surface area contributed by atoms with E-state index in [2.05, 4.69) is 5.32 Å². The Kier molecular flexibility index (Phi) is 6.03. The molecule has 122 valence electrons. The van der Waals surface area contributed by atoms with E-state index in [9.17, 15) is 4.79 Å². The zero-order chi connectivity index (χ0) is 16.7. The predicted octanol–water partition coefficient (Wildman–Crippen LogP) is 3.73. The van der Waals surface area contributed by atoms with Gasteiger partial charge in [-0.1, -0.05) is 43.3 Å². The number of rotatable bonds is 7. The van der Waals surface area contributed by atoms with Crippen LogP contribution in [0, 0.1) is 0 Å². The summed E-state index contributed by atoms with van der Waals surface area (Å²) < 4.78 is 11.0. The lowest BCUT2D eigenvalue weighted by molar-refractivity contribution is -0.128. The number of hydrogen-bond acceptors (Lipinski definition) is 3. The van der Waals surface area contributed by atoms with E-state index in [0.29, 0.717) is 17.9 Å². The summed E-state index contributed by atoms with van der Waals surface area (Å²) in [6.45, 7) is 3.89. The van der Waals surface area contributed by atoms with E-state index >= 15 is 0 Å². The smallest absolute Gasteiger partial charge is 0.261 e. The molecular formula is C19H23NO3. The average molecular weight is 313 g/mol. The first kappa shape index (κ1) is 16.9. The Morgan fingerprint density at radius 3 is 2.43 bits per heavy atom. The lowest BCUT2D eigenvalue weighted by Gasteiger charge is -2.21. The summed E-state index contributed by atoms with van der Waals surface area (Å²) in [5, 5.41) is 3.00. The standard InChI is InChI=1S/C19H23NO3/c1-4-18(23-17-12-8-11-16(13-17)22-3)19(21)20-14(2)15-9-6-5-7-10-15/h5-14,18H,4H2,1-3H3,(H,20,21)/t14-,18-/m0/s1. The molecule has 0 saturated heterocycles. The number of hydrogen-bond donors (Lipinski definition) is 1. The van der Waals surface area contributed by atoms with Crippen LogP contribution in [0.4, 0.5) is 0 Å². The number of methoxy groups -OCH3 is 1. The van der Waals surface area contributed by atoms with Crippen LogP contribution >= 0.6 is 0 Å². The Labute approximate surface area is 137 Å². The second-order valence-electron chi connectivity index (χ2n) is 5.33. The Bertz CT molecular complexity index is 628. The van der Waals surface area contributed by atoms with Crippen molar-refractivity contribution in [3.63, 3.8) is 0 Å². The van der Waals surface area contributed by atoms with Gasteiger partial charge in [-0.15, -0.1) is 0 Å². The van der Waals surface area contributed by atoms with Crippen LogP contribution < -0.4 is 14.8 Å². The highest BCUT2D eigenvalue weighted by atomic mass is 16.5.